The summed E-state index contributed by atoms with van der Waals surface area (Å²) in [5.41, 5.74) is 0.974. The van der Waals surface area contributed by atoms with Gasteiger partial charge in [-0.05, 0) is 17.7 Å². The average molecular weight is 294 g/mol. The van der Waals surface area contributed by atoms with Crippen LogP contribution >= 0.6 is 0 Å². The molecule has 2 aliphatic rings. The molecule has 0 aromatic heterocycles. The summed E-state index contributed by atoms with van der Waals surface area (Å²) in [5, 5.41) is 3.00. The molecule has 114 valence electrons. The zero-order chi connectivity index (χ0) is 14.8. The van der Waals surface area contributed by atoms with E-state index in [-0.39, 0.29) is 29.4 Å². The van der Waals surface area contributed by atoms with Gasteiger partial charge in [0.25, 0.3) is 0 Å². The number of carbonyl (C=O) groups is 1. The molecule has 0 aliphatic carbocycles. The van der Waals surface area contributed by atoms with Crippen LogP contribution in [0.3, 0.4) is 0 Å². The second-order valence-electron chi connectivity index (χ2n) is 5.60. The van der Waals surface area contributed by atoms with Crippen molar-refractivity contribution < 1.29 is 18.7 Å². The SMILES string of the molecule is COc1cc(CN2C[C@H]3COC[C@@H](C2)C(=O)N3)ccc1F. The summed E-state index contributed by atoms with van der Waals surface area (Å²) in [6.07, 6.45) is 0. The van der Waals surface area contributed by atoms with Crippen molar-refractivity contribution in [2.45, 2.75) is 12.6 Å². The smallest absolute Gasteiger partial charge is 0.227 e. The zero-order valence-corrected chi connectivity index (χ0v) is 12.0. The summed E-state index contributed by atoms with van der Waals surface area (Å²) >= 11 is 0. The average Bonchev–Trinajstić information content (AvgIpc) is 2.69. The predicted octanol–water partition coefficient (Wildman–Crippen LogP) is 0.781. The maximum absolute atomic E-state index is 13.4. The van der Waals surface area contributed by atoms with E-state index in [0.29, 0.717) is 26.3 Å². The standard InChI is InChI=1S/C15H19FN2O3/c1-20-14-4-10(2-3-13(14)16)5-18-6-11-8-21-9-12(7-18)17-15(11)19/h2-4,11-12H,5-9H2,1H3,(H,17,19)/t11-,12+/m1/s1. The van der Waals surface area contributed by atoms with Crippen molar-refractivity contribution in [2.24, 2.45) is 5.92 Å². The van der Waals surface area contributed by atoms with E-state index >= 15 is 0 Å². The molecular formula is C15H19FN2O3. The van der Waals surface area contributed by atoms with E-state index in [1.54, 1.807) is 12.1 Å². The number of nitrogens with zero attached hydrogens (tertiary/aromatic N) is 1. The second kappa shape index (κ2) is 5.99. The number of hydrogen-bond acceptors (Lipinski definition) is 4. The van der Waals surface area contributed by atoms with E-state index in [1.807, 2.05) is 0 Å². The van der Waals surface area contributed by atoms with Crippen LogP contribution in [0.1, 0.15) is 5.56 Å². The molecule has 1 aromatic rings. The molecule has 5 nitrogen and oxygen atoms in total. The third-order valence-electron chi connectivity index (χ3n) is 3.93. The molecule has 1 aromatic carbocycles. The molecular weight excluding hydrogens is 275 g/mol. The molecule has 2 saturated heterocycles. The van der Waals surface area contributed by atoms with Crippen LogP contribution in [0.5, 0.6) is 5.75 Å². The van der Waals surface area contributed by atoms with Crippen LogP contribution in [0, 0.1) is 11.7 Å². The highest BCUT2D eigenvalue weighted by Crippen LogP contribution is 2.21. The Labute approximate surface area is 123 Å². The monoisotopic (exact) mass is 294 g/mol. The van der Waals surface area contributed by atoms with E-state index in [0.717, 1.165) is 12.1 Å². The number of methoxy groups -OCH3 is 1. The fourth-order valence-electron chi connectivity index (χ4n) is 2.91. The summed E-state index contributed by atoms with van der Waals surface area (Å²) < 4.78 is 24.0. The summed E-state index contributed by atoms with van der Waals surface area (Å²) in [6.45, 7) is 3.07. The molecule has 2 atom stereocenters. The maximum Gasteiger partial charge on any atom is 0.227 e. The van der Waals surface area contributed by atoms with Crippen molar-refractivity contribution in [3.05, 3.63) is 29.6 Å². The summed E-state index contributed by atoms with van der Waals surface area (Å²) in [4.78, 5) is 14.2. The number of hydrogen-bond donors (Lipinski definition) is 1. The lowest BCUT2D eigenvalue weighted by Gasteiger charge is -2.27. The highest BCUT2D eigenvalue weighted by Gasteiger charge is 2.33. The number of benzene rings is 1. The quantitative estimate of drug-likeness (QED) is 0.895. The van der Waals surface area contributed by atoms with Crippen LogP contribution in [-0.4, -0.2) is 50.3 Å². The number of amides is 1. The van der Waals surface area contributed by atoms with Gasteiger partial charge in [0.15, 0.2) is 11.6 Å². The third-order valence-corrected chi connectivity index (χ3v) is 3.93. The van der Waals surface area contributed by atoms with E-state index in [1.165, 1.54) is 13.2 Å². The molecule has 2 bridgehead atoms. The molecule has 6 heteroatoms. The highest BCUT2D eigenvalue weighted by atomic mass is 19.1. The number of nitrogens with one attached hydrogen (secondary N) is 1. The van der Waals surface area contributed by atoms with Gasteiger partial charge in [-0.3, -0.25) is 9.69 Å². The molecule has 3 rings (SSSR count). The lowest BCUT2D eigenvalue weighted by atomic mass is 10.1. The van der Waals surface area contributed by atoms with Gasteiger partial charge in [-0.25, -0.2) is 4.39 Å². The van der Waals surface area contributed by atoms with Crippen molar-refractivity contribution in [1.29, 1.82) is 0 Å². The van der Waals surface area contributed by atoms with Crippen LogP contribution < -0.4 is 10.1 Å². The minimum atomic E-state index is -0.362. The van der Waals surface area contributed by atoms with Gasteiger partial charge in [-0.2, -0.15) is 0 Å². The molecule has 21 heavy (non-hydrogen) atoms. The van der Waals surface area contributed by atoms with E-state index in [4.69, 9.17) is 9.47 Å². The third kappa shape index (κ3) is 3.16. The zero-order valence-electron chi connectivity index (χ0n) is 12.0. The van der Waals surface area contributed by atoms with Crippen molar-refractivity contribution in [1.82, 2.24) is 10.2 Å². The van der Waals surface area contributed by atoms with Crippen molar-refractivity contribution >= 4 is 5.91 Å². The van der Waals surface area contributed by atoms with Gasteiger partial charge >= 0.3 is 0 Å². The molecule has 0 unspecified atom stereocenters. The molecule has 0 spiro atoms. The number of halogens is 1. The molecule has 1 N–H and O–H groups in total. The Morgan fingerprint density at radius 1 is 1.43 bits per heavy atom. The van der Waals surface area contributed by atoms with Gasteiger partial charge < -0.3 is 14.8 Å². The summed E-state index contributed by atoms with van der Waals surface area (Å²) in [6, 6.07) is 4.90. The molecule has 1 amide bonds. The Bertz CT molecular complexity index is 538. The Hall–Kier alpha value is -1.66. The molecule has 2 heterocycles. The summed E-state index contributed by atoms with van der Waals surface area (Å²) in [5.74, 6) is -0.184. The Morgan fingerprint density at radius 2 is 2.29 bits per heavy atom. The van der Waals surface area contributed by atoms with Gasteiger partial charge in [0, 0.05) is 19.6 Å². The normalized spacial score (nSPS) is 26.1. The van der Waals surface area contributed by atoms with Crippen LogP contribution in [-0.2, 0) is 16.1 Å². The fourth-order valence-corrected chi connectivity index (χ4v) is 2.91. The van der Waals surface area contributed by atoms with Crippen molar-refractivity contribution in [3.63, 3.8) is 0 Å². The van der Waals surface area contributed by atoms with Crippen LogP contribution in [0.2, 0.25) is 0 Å². The van der Waals surface area contributed by atoms with E-state index in [9.17, 15) is 9.18 Å². The summed E-state index contributed by atoms with van der Waals surface area (Å²) in [7, 11) is 1.46. The van der Waals surface area contributed by atoms with Gasteiger partial charge in [0.2, 0.25) is 5.91 Å². The first-order valence-electron chi connectivity index (χ1n) is 7.08. The topological polar surface area (TPSA) is 50.8 Å². The van der Waals surface area contributed by atoms with Crippen LogP contribution in [0.15, 0.2) is 18.2 Å². The van der Waals surface area contributed by atoms with Crippen molar-refractivity contribution in [2.75, 3.05) is 33.4 Å². The fraction of sp³-hybridized carbons (Fsp3) is 0.533. The first kappa shape index (κ1) is 14.3. The van der Waals surface area contributed by atoms with E-state index < -0.39 is 0 Å². The number of carbonyl (C=O) groups excluding carboxylic acids is 1. The van der Waals surface area contributed by atoms with Crippen molar-refractivity contribution in [3.8, 4) is 5.75 Å². The van der Waals surface area contributed by atoms with Gasteiger partial charge in [0.1, 0.15) is 0 Å². The molecule has 0 saturated carbocycles. The number of fused-ring (bicyclic) bond motifs is 3. The first-order chi connectivity index (χ1) is 10.2. The predicted molar refractivity (Wildman–Crippen MR) is 74.5 cm³/mol. The highest BCUT2D eigenvalue weighted by molar-refractivity contribution is 5.79. The lowest BCUT2D eigenvalue weighted by molar-refractivity contribution is -0.125. The Morgan fingerprint density at radius 3 is 3.10 bits per heavy atom. The number of rotatable bonds is 3. The Balaban J connectivity index is 1.74. The lowest BCUT2D eigenvalue weighted by Crippen LogP contribution is -2.41. The van der Waals surface area contributed by atoms with Gasteiger partial charge in [-0.1, -0.05) is 6.07 Å². The van der Waals surface area contributed by atoms with Crippen LogP contribution in [0.4, 0.5) is 4.39 Å². The second-order valence-corrected chi connectivity index (χ2v) is 5.60. The molecule has 2 fully saturated rings. The number of ether oxygens (including phenoxy) is 2. The van der Waals surface area contributed by atoms with Crippen LogP contribution in [0.25, 0.3) is 0 Å². The minimum absolute atomic E-state index is 0.0207. The molecule has 0 radical (unpaired) electrons. The maximum atomic E-state index is 13.4. The Kier molecular flexibility index (Phi) is 4.07. The van der Waals surface area contributed by atoms with Gasteiger partial charge in [0.05, 0.1) is 32.3 Å². The molecule has 2 aliphatic heterocycles. The first-order valence-corrected chi connectivity index (χ1v) is 7.08. The largest absolute Gasteiger partial charge is 0.494 e. The van der Waals surface area contributed by atoms with Gasteiger partial charge in [-0.15, -0.1) is 0 Å². The van der Waals surface area contributed by atoms with E-state index in [2.05, 4.69) is 10.2 Å². The minimum Gasteiger partial charge on any atom is -0.494 e.